The van der Waals surface area contributed by atoms with E-state index in [0.717, 1.165) is 0 Å². The summed E-state index contributed by atoms with van der Waals surface area (Å²) in [6.07, 6.45) is -5.47. The van der Waals surface area contributed by atoms with Gasteiger partial charge in [0.05, 0.1) is 18.9 Å². The fourth-order valence-electron chi connectivity index (χ4n) is 2.47. The first-order valence-corrected chi connectivity index (χ1v) is 7.20. The Morgan fingerprint density at radius 2 is 1.91 bits per heavy atom. The SMILES string of the molecule is Cc1ncc(CO)c(CN)c1O[C@H]1O[C@H](CO)[C@@H](O)[C@H](O)[C@H]1O. The molecule has 130 valence electrons. The topological polar surface area (TPSA) is 159 Å². The van der Waals surface area contributed by atoms with Crippen LogP contribution < -0.4 is 10.5 Å². The molecule has 5 atom stereocenters. The fraction of sp³-hybridized carbons (Fsp3) is 0.643. The number of aliphatic hydroxyl groups is 5. The summed E-state index contributed by atoms with van der Waals surface area (Å²) in [5.41, 5.74) is 7.11. The number of nitrogens with two attached hydrogens (primary N) is 1. The molecule has 0 radical (unpaired) electrons. The highest BCUT2D eigenvalue weighted by Gasteiger charge is 2.45. The second-order valence-electron chi connectivity index (χ2n) is 5.35. The molecule has 0 amide bonds. The van der Waals surface area contributed by atoms with Gasteiger partial charge < -0.3 is 40.7 Å². The summed E-state index contributed by atoms with van der Waals surface area (Å²) in [6.45, 7) is 0.874. The van der Waals surface area contributed by atoms with E-state index in [0.29, 0.717) is 16.8 Å². The minimum absolute atomic E-state index is 0.0615. The van der Waals surface area contributed by atoms with Gasteiger partial charge in [-0.3, -0.25) is 4.98 Å². The lowest BCUT2D eigenvalue weighted by molar-refractivity contribution is -0.277. The molecule has 0 bridgehead atoms. The molecule has 1 aromatic heterocycles. The summed E-state index contributed by atoms with van der Waals surface area (Å²) in [4.78, 5) is 4.08. The molecule has 1 aliphatic heterocycles. The largest absolute Gasteiger partial charge is 0.460 e. The third-order valence-electron chi connectivity index (χ3n) is 3.86. The van der Waals surface area contributed by atoms with Crippen LogP contribution in [0.1, 0.15) is 16.8 Å². The molecule has 1 aromatic rings. The lowest BCUT2D eigenvalue weighted by Crippen LogP contribution is -2.60. The van der Waals surface area contributed by atoms with E-state index >= 15 is 0 Å². The number of ether oxygens (including phenoxy) is 2. The zero-order valence-corrected chi connectivity index (χ0v) is 12.7. The van der Waals surface area contributed by atoms with Crippen molar-refractivity contribution in [3.63, 3.8) is 0 Å². The van der Waals surface area contributed by atoms with Crippen molar-refractivity contribution >= 4 is 0 Å². The number of rotatable bonds is 5. The van der Waals surface area contributed by atoms with Crippen molar-refractivity contribution in [1.82, 2.24) is 4.98 Å². The van der Waals surface area contributed by atoms with Crippen LogP contribution in [0.2, 0.25) is 0 Å². The van der Waals surface area contributed by atoms with Crippen molar-refractivity contribution in [1.29, 1.82) is 0 Å². The molecule has 2 heterocycles. The van der Waals surface area contributed by atoms with Crippen LogP contribution in [0, 0.1) is 6.92 Å². The van der Waals surface area contributed by atoms with Gasteiger partial charge in [-0.15, -0.1) is 0 Å². The Kier molecular flexibility index (Phi) is 5.87. The lowest BCUT2D eigenvalue weighted by atomic mass is 9.99. The Bertz CT molecular complexity index is 540. The Balaban J connectivity index is 2.31. The van der Waals surface area contributed by atoms with E-state index in [1.807, 2.05) is 0 Å². The Hall–Kier alpha value is -1.33. The number of nitrogens with zero attached hydrogens (tertiary/aromatic N) is 1. The maximum absolute atomic E-state index is 10.0. The first kappa shape index (κ1) is 18.0. The maximum atomic E-state index is 10.0. The van der Waals surface area contributed by atoms with Gasteiger partial charge in [0.2, 0.25) is 6.29 Å². The van der Waals surface area contributed by atoms with E-state index in [4.69, 9.17) is 15.2 Å². The summed E-state index contributed by atoms with van der Waals surface area (Å²) >= 11 is 0. The van der Waals surface area contributed by atoms with Gasteiger partial charge in [-0.25, -0.2) is 0 Å². The minimum atomic E-state index is -1.54. The summed E-state index contributed by atoms with van der Waals surface area (Å²) in [5, 5.41) is 48.1. The highest BCUT2D eigenvalue weighted by atomic mass is 16.7. The van der Waals surface area contributed by atoms with Crippen molar-refractivity contribution in [2.75, 3.05) is 6.61 Å². The standard InChI is InChI=1S/C14H22N2O7/c1-6-13(8(2-15)7(4-17)3-16-6)23-14-12(21)11(20)10(19)9(5-18)22-14/h3,9-12,14,17-21H,2,4-5,15H2,1H3/t9-,10-,11+,12-,14-/m1/s1. The average molecular weight is 330 g/mol. The van der Waals surface area contributed by atoms with Crippen LogP contribution in [0.4, 0.5) is 0 Å². The molecule has 0 spiro atoms. The monoisotopic (exact) mass is 330 g/mol. The molecule has 7 N–H and O–H groups in total. The van der Waals surface area contributed by atoms with Gasteiger partial charge in [0, 0.05) is 23.9 Å². The zero-order chi connectivity index (χ0) is 17.1. The molecule has 1 aliphatic rings. The predicted molar refractivity (Wildman–Crippen MR) is 77.2 cm³/mol. The van der Waals surface area contributed by atoms with E-state index in [-0.39, 0.29) is 18.9 Å². The molecule has 9 nitrogen and oxygen atoms in total. The highest BCUT2D eigenvalue weighted by Crippen LogP contribution is 2.30. The van der Waals surface area contributed by atoms with Gasteiger partial charge in [0.25, 0.3) is 0 Å². The molecular formula is C14H22N2O7. The van der Waals surface area contributed by atoms with Gasteiger partial charge in [-0.1, -0.05) is 0 Å². The van der Waals surface area contributed by atoms with Crippen LogP contribution in [0.15, 0.2) is 6.20 Å². The van der Waals surface area contributed by atoms with Gasteiger partial charge >= 0.3 is 0 Å². The number of aromatic nitrogens is 1. The summed E-state index contributed by atoms with van der Waals surface area (Å²) in [7, 11) is 0. The van der Waals surface area contributed by atoms with E-state index in [1.54, 1.807) is 6.92 Å². The third-order valence-corrected chi connectivity index (χ3v) is 3.86. The summed E-state index contributed by atoms with van der Waals surface area (Å²) in [6, 6.07) is 0. The Morgan fingerprint density at radius 3 is 2.48 bits per heavy atom. The first-order chi connectivity index (χ1) is 10.9. The van der Waals surface area contributed by atoms with Crippen LogP contribution in [-0.4, -0.2) is 67.8 Å². The number of aliphatic hydroxyl groups excluding tert-OH is 5. The molecule has 0 unspecified atom stereocenters. The normalized spacial score (nSPS) is 31.2. The first-order valence-electron chi connectivity index (χ1n) is 7.20. The maximum Gasteiger partial charge on any atom is 0.229 e. The summed E-state index contributed by atoms with van der Waals surface area (Å²) in [5.74, 6) is 0.225. The third kappa shape index (κ3) is 3.45. The van der Waals surface area contributed by atoms with E-state index in [1.165, 1.54) is 6.20 Å². The number of aryl methyl sites for hydroxylation is 1. The lowest BCUT2D eigenvalue weighted by Gasteiger charge is -2.39. The van der Waals surface area contributed by atoms with Gasteiger partial charge in [0.1, 0.15) is 30.2 Å². The summed E-state index contributed by atoms with van der Waals surface area (Å²) < 4.78 is 10.9. The van der Waals surface area contributed by atoms with Crippen LogP contribution in [0.25, 0.3) is 0 Å². The van der Waals surface area contributed by atoms with Crippen molar-refractivity contribution in [3.8, 4) is 5.75 Å². The van der Waals surface area contributed by atoms with Crippen LogP contribution in [0.5, 0.6) is 5.75 Å². The van der Waals surface area contributed by atoms with Crippen LogP contribution in [-0.2, 0) is 17.9 Å². The van der Waals surface area contributed by atoms with Gasteiger partial charge in [0.15, 0.2) is 0 Å². The highest BCUT2D eigenvalue weighted by molar-refractivity contribution is 5.41. The number of hydrogen-bond donors (Lipinski definition) is 6. The van der Waals surface area contributed by atoms with Crippen LogP contribution >= 0.6 is 0 Å². The molecule has 9 heteroatoms. The average Bonchev–Trinajstić information content (AvgIpc) is 2.56. The predicted octanol–water partition coefficient (Wildman–Crippen LogP) is -2.48. The van der Waals surface area contributed by atoms with Crippen molar-refractivity contribution in [2.45, 2.75) is 50.8 Å². The van der Waals surface area contributed by atoms with E-state index in [9.17, 15) is 25.5 Å². The molecule has 0 saturated carbocycles. The second kappa shape index (κ2) is 7.49. The molecular weight excluding hydrogens is 308 g/mol. The molecule has 23 heavy (non-hydrogen) atoms. The van der Waals surface area contributed by atoms with Crippen LogP contribution in [0.3, 0.4) is 0 Å². The van der Waals surface area contributed by atoms with E-state index in [2.05, 4.69) is 4.98 Å². The molecule has 0 aliphatic carbocycles. The molecule has 2 rings (SSSR count). The number of pyridine rings is 1. The number of hydrogen-bond acceptors (Lipinski definition) is 9. The molecule has 1 fully saturated rings. The molecule has 1 saturated heterocycles. The van der Waals surface area contributed by atoms with Crippen molar-refractivity contribution < 1.29 is 35.0 Å². The van der Waals surface area contributed by atoms with Gasteiger partial charge in [-0.2, -0.15) is 0 Å². The van der Waals surface area contributed by atoms with Crippen molar-refractivity contribution in [2.24, 2.45) is 5.73 Å². The zero-order valence-electron chi connectivity index (χ0n) is 12.7. The second-order valence-corrected chi connectivity index (χ2v) is 5.35. The van der Waals surface area contributed by atoms with Gasteiger partial charge in [-0.05, 0) is 6.92 Å². The van der Waals surface area contributed by atoms with E-state index < -0.39 is 37.3 Å². The molecule has 0 aromatic carbocycles. The minimum Gasteiger partial charge on any atom is -0.460 e. The fourth-order valence-corrected chi connectivity index (χ4v) is 2.47. The van der Waals surface area contributed by atoms with Crippen molar-refractivity contribution in [3.05, 3.63) is 23.0 Å². The quantitative estimate of drug-likeness (QED) is 0.344. The smallest absolute Gasteiger partial charge is 0.229 e. The Morgan fingerprint density at radius 1 is 1.22 bits per heavy atom. The Labute approximate surface area is 132 Å².